The van der Waals surface area contributed by atoms with E-state index in [0.29, 0.717) is 6.42 Å². The third kappa shape index (κ3) is 5.45. The number of carboxylic acids is 1. The molecule has 22 heavy (non-hydrogen) atoms. The van der Waals surface area contributed by atoms with Crippen molar-refractivity contribution in [1.29, 1.82) is 0 Å². The van der Waals surface area contributed by atoms with Crippen molar-refractivity contribution < 1.29 is 39.8 Å². The average Bonchev–Trinajstić information content (AvgIpc) is 2.47. The summed E-state index contributed by atoms with van der Waals surface area (Å²) in [5.74, 6) is -1.04. The summed E-state index contributed by atoms with van der Waals surface area (Å²) in [7, 11) is 0. The van der Waals surface area contributed by atoms with Crippen LogP contribution in [0.1, 0.15) is 39.0 Å². The first-order valence-corrected chi connectivity index (χ1v) is 7.58. The predicted molar refractivity (Wildman–Crippen MR) is 75.0 cm³/mol. The molecule has 0 amide bonds. The summed E-state index contributed by atoms with van der Waals surface area (Å²) < 4.78 is 10.7. The van der Waals surface area contributed by atoms with Gasteiger partial charge in [-0.1, -0.05) is 26.2 Å². The van der Waals surface area contributed by atoms with Crippen LogP contribution >= 0.6 is 0 Å². The molecule has 1 aliphatic rings. The third-order valence-corrected chi connectivity index (χ3v) is 3.71. The van der Waals surface area contributed by atoms with Gasteiger partial charge in [0.15, 0.2) is 6.29 Å². The third-order valence-electron chi connectivity index (χ3n) is 3.71. The molecule has 6 atom stereocenters. The van der Waals surface area contributed by atoms with Gasteiger partial charge in [0.25, 0.3) is 0 Å². The molecule has 0 aromatic carbocycles. The summed E-state index contributed by atoms with van der Waals surface area (Å²) >= 11 is 0. The van der Waals surface area contributed by atoms with Crippen LogP contribution in [0.5, 0.6) is 0 Å². The molecular formula is C14H26O8. The molecule has 0 aromatic rings. The first kappa shape index (κ1) is 19.3. The highest BCUT2D eigenvalue weighted by atomic mass is 16.7. The van der Waals surface area contributed by atoms with E-state index in [9.17, 15) is 20.1 Å². The summed E-state index contributed by atoms with van der Waals surface area (Å²) in [5.41, 5.74) is 0. The van der Waals surface area contributed by atoms with E-state index in [2.05, 4.69) is 0 Å². The van der Waals surface area contributed by atoms with Crippen LogP contribution in [0.25, 0.3) is 0 Å². The summed E-state index contributed by atoms with van der Waals surface area (Å²) in [5, 5.41) is 47.3. The summed E-state index contributed by atoms with van der Waals surface area (Å²) in [6.45, 7) is 1.47. The van der Waals surface area contributed by atoms with Gasteiger partial charge < -0.3 is 35.0 Å². The summed E-state index contributed by atoms with van der Waals surface area (Å²) in [4.78, 5) is 10.9. The molecule has 1 unspecified atom stereocenters. The standard InChI is InChI=1S/C14H26O8/c1-2-3-4-5-8(6-10(16)17)21-14-13(20)12(19)11(18)9(7-15)22-14/h8-9,11-15,18-20H,2-7H2,1H3,(H,16,17)/t8?,9-,11-,12+,13-,14-/m1/s1. The first-order valence-electron chi connectivity index (χ1n) is 7.58. The highest BCUT2D eigenvalue weighted by molar-refractivity contribution is 5.67. The fourth-order valence-electron chi connectivity index (χ4n) is 2.40. The van der Waals surface area contributed by atoms with E-state index in [1.165, 1.54) is 0 Å². The molecule has 130 valence electrons. The fraction of sp³-hybridized carbons (Fsp3) is 0.929. The van der Waals surface area contributed by atoms with Gasteiger partial charge in [-0.05, 0) is 6.42 Å². The highest BCUT2D eigenvalue weighted by Gasteiger charge is 2.44. The molecule has 0 aliphatic carbocycles. The molecule has 1 heterocycles. The van der Waals surface area contributed by atoms with E-state index in [1.54, 1.807) is 0 Å². The van der Waals surface area contributed by atoms with Crippen LogP contribution in [0, 0.1) is 0 Å². The number of unbranched alkanes of at least 4 members (excludes halogenated alkanes) is 2. The van der Waals surface area contributed by atoms with E-state index < -0.39 is 49.4 Å². The van der Waals surface area contributed by atoms with Crippen molar-refractivity contribution >= 4 is 5.97 Å². The summed E-state index contributed by atoms with van der Waals surface area (Å²) in [6.07, 6.45) is -4.64. The van der Waals surface area contributed by atoms with Gasteiger partial charge in [-0.25, -0.2) is 0 Å². The Hall–Kier alpha value is -0.770. The Labute approximate surface area is 129 Å². The van der Waals surface area contributed by atoms with Crippen LogP contribution in [-0.4, -0.2) is 74.9 Å². The Morgan fingerprint density at radius 2 is 1.86 bits per heavy atom. The van der Waals surface area contributed by atoms with Gasteiger partial charge in [-0.15, -0.1) is 0 Å². The number of carbonyl (C=O) groups is 1. The van der Waals surface area contributed by atoms with Gasteiger partial charge in [-0.2, -0.15) is 0 Å². The van der Waals surface area contributed by atoms with Crippen molar-refractivity contribution in [3.05, 3.63) is 0 Å². The lowest BCUT2D eigenvalue weighted by atomic mass is 9.99. The SMILES string of the molecule is CCCCCC(CC(=O)O)O[C@@H]1O[C@H](CO)[C@@H](O)[C@H](O)[C@H]1O. The molecule has 0 spiro atoms. The Balaban J connectivity index is 2.66. The minimum Gasteiger partial charge on any atom is -0.481 e. The summed E-state index contributed by atoms with van der Waals surface area (Å²) in [6, 6.07) is 0. The second-order valence-corrected chi connectivity index (χ2v) is 5.55. The number of hydrogen-bond acceptors (Lipinski definition) is 7. The minimum absolute atomic E-state index is 0.251. The topological polar surface area (TPSA) is 137 Å². The molecule has 1 rings (SSSR count). The Bertz CT molecular complexity index is 335. The maximum absolute atomic E-state index is 10.9. The molecular weight excluding hydrogens is 296 g/mol. The highest BCUT2D eigenvalue weighted by Crippen LogP contribution is 2.24. The fourth-order valence-corrected chi connectivity index (χ4v) is 2.40. The maximum atomic E-state index is 10.9. The number of rotatable bonds is 9. The quantitative estimate of drug-likeness (QED) is 0.349. The molecule has 1 aliphatic heterocycles. The van der Waals surface area contributed by atoms with E-state index in [4.69, 9.17) is 19.7 Å². The lowest BCUT2D eigenvalue weighted by molar-refractivity contribution is -0.311. The van der Waals surface area contributed by atoms with Crippen LogP contribution in [-0.2, 0) is 14.3 Å². The Morgan fingerprint density at radius 1 is 1.18 bits per heavy atom. The van der Waals surface area contributed by atoms with Crippen molar-refractivity contribution in [3.63, 3.8) is 0 Å². The average molecular weight is 322 g/mol. The second-order valence-electron chi connectivity index (χ2n) is 5.55. The molecule has 1 saturated heterocycles. The van der Waals surface area contributed by atoms with Gasteiger partial charge in [0.2, 0.25) is 0 Å². The largest absolute Gasteiger partial charge is 0.481 e. The second kappa shape index (κ2) is 9.39. The van der Waals surface area contributed by atoms with Crippen LogP contribution in [0.3, 0.4) is 0 Å². The smallest absolute Gasteiger partial charge is 0.305 e. The normalized spacial score (nSPS) is 33.6. The van der Waals surface area contributed by atoms with E-state index >= 15 is 0 Å². The van der Waals surface area contributed by atoms with E-state index in [0.717, 1.165) is 19.3 Å². The Kier molecular flexibility index (Phi) is 8.23. The molecule has 8 nitrogen and oxygen atoms in total. The number of carboxylic acid groups (broad SMARTS) is 1. The lowest BCUT2D eigenvalue weighted by Gasteiger charge is -2.40. The Morgan fingerprint density at radius 3 is 2.41 bits per heavy atom. The number of aliphatic hydroxyl groups is 4. The molecule has 0 radical (unpaired) electrons. The van der Waals surface area contributed by atoms with Gasteiger partial charge in [0.05, 0.1) is 19.1 Å². The monoisotopic (exact) mass is 322 g/mol. The maximum Gasteiger partial charge on any atom is 0.305 e. The number of ether oxygens (including phenoxy) is 2. The van der Waals surface area contributed by atoms with Crippen molar-refractivity contribution in [3.8, 4) is 0 Å². The zero-order valence-corrected chi connectivity index (χ0v) is 12.7. The molecule has 0 bridgehead atoms. The lowest BCUT2D eigenvalue weighted by Crippen LogP contribution is -2.59. The minimum atomic E-state index is -1.53. The van der Waals surface area contributed by atoms with Gasteiger partial charge in [-0.3, -0.25) is 4.79 Å². The van der Waals surface area contributed by atoms with E-state index in [1.807, 2.05) is 6.92 Å². The van der Waals surface area contributed by atoms with Crippen LogP contribution in [0.2, 0.25) is 0 Å². The zero-order valence-electron chi connectivity index (χ0n) is 12.7. The van der Waals surface area contributed by atoms with Crippen molar-refractivity contribution in [2.45, 2.75) is 75.8 Å². The van der Waals surface area contributed by atoms with Crippen molar-refractivity contribution in [2.24, 2.45) is 0 Å². The first-order chi connectivity index (χ1) is 10.4. The zero-order chi connectivity index (χ0) is 16.7. The number of aliphatic carboxylic acids is 1. The molecule has 0 aromatic heterocycles. The number of hydrogen-bond donors (Lipinski definition) is 5. The van der Waals surface area contributed by atoms with Gasteiger partial charge >= 0.3 is 5.97 Å². The number of aliphatic hydroxyl groups excluding tert-OH is 4. The molecule has 5 N–H and O–H groups in total. The van der Waals surface area contributed by atoms with Gasteiger partial charge in [0.1, 0.15) is 24.4 Å². The molecule has 0 saturated carbocycles. The van der Waals surface area contributed by atoms with Crippen molar-refractivity contribution in [1.82, 2.24) is 0 Å². The van der Waals surface area contributed by atoms with Crippen LogP contribution < -0.4 is 0 Å². The van der Waals surface area contributed by atoms with Crippen LogP contribution in [0.4, 0.5) is 0 Å². The van der Waals surface area contributed by atoms with E-state index in [-0.39, 0.29) is 6.42 Å². The van der Waals surface area contributed by atoms with Crippen LogP contribution in [0.15, 0.2) is 0 Å². The predicted octanol–water partition coefficient (Wildman–Crippen LogP) is -0.773. The van der Waals surface area contributed by atoms with Crippen molar-refractivity contribution in [2.75, 3.05) is 6.61 Å². The molecule has 8 heteroatoms. The van der Waals surface area contributed by atoms with Gasteiger partial charge in [0, 0.05) is 0 Å². The molecule has 1 fully saturated rings.